The van der Waals surface area contributed by atoms with Crippen molar-refractivity contribution in [2.75, 3.05) is 16.8 Å². The minimum atomic E-state index is -0.342. The highest BCUT2D eigenvalue weighted by Crippen LogP contribution is 2.19. The Kier molecular flexibility index (Phi) is 5.84. The van der Waals surface area contributed by atoms with Crippen molar-refractivity contribution < 1.29 is 9.59 Å². The molecule has 0 saturated heterocycles. The lowest BCUT2D eigenvalue weighted by Crippen LogP contribution is -2.31. The van der Waals surface area contributed by atoms with E-state index in [1.165, 1.54) is 0 Å². The number of hydrogen-bond donors (Lipinski definition) is 1. The third kappa shape index (κ3) is 4.09. The van der Waals surface area contributed by atoms with Crippen LogP contribution in [0.1, 0.15) is 39.0 Å². The normalized spacial score (nSPS) is 10.4. The lowest BCUT2D eigenvalue weighted by Gasteiger charge is -2.20. The third-order valence-corrected chi connectivity index (χ3v) is 4.68. The summed E-state index contributed by atoms with van der Waals surface area (Å²) in [5.41, 5.74) is 4.07. The van der Waals surface area contributed by atoms with Crippen LogP contribution in [0.4, 0.5) is 11.4 Å². The fourth-order valence-electron chi connectivity index (χ4n) is 2.94. The molecule has 142 valence electrons. The molecule has 0 fully saturated rings. The highest BCUT2D eigenvalue weighted by Gasteiger charge is 2.19. The van der Waals surface area contributed by atoms with Gasteiger partial charge in [-0.15, -0.1) is 0 Å². The predicted molar refractivity (Wildman–Crippen MR) is 112 cm³/mol. The fourth-order valence-corrected chi connectivity index (χ4v) is 2.94. The first-order valence-electron chi connectivity index (χ1n) is 9.22. The lowest BCUT2D eigenvalue weighted by molar-refractivity contribution is 0.0983. The van der Waals surface area contributed by atoms with Crippen molar-refractivity contribution in [3.8, 4) is 0 Å². The van der Waals surface area contributed by atoms with E-state index >= 15 is 0 Å². The summed E-state index contributed by atoms with van der Waals surface area (Å²) in [5, 5.41) is 2.88. The highest BCUT2D eigenvalue weighted by atomic mass is 16.2. The van der Waals surface area contributed by atoms with Gasteiger partial charge in [0.15, 0.2) is 0 Å². The molecule has 3 aromatic rings. The molecule has 1 heterocycles. The van der Waals surface area contributed by atoms with Gasteiger partial charge in [0.2, 0.25) is 0 Å². The van der Waals surface area contributed by atoms with Gasteiger partial charge in [0.25, 0.3) is 11.8 Å². The number of aromatic nitrogens is 1. The van der Waals surface area contributed by atoms with E-state index < -0.39 is 0 Å². The predicted octanol–water partition coefficient (Wildman–Crippen LogP) is 4.62. The average Bonchev–Trinajstić information content (AvgIpc) is 2.72. The molecular weight excluding hydrogens is 350 g/mol. The number of pyridine rings is 1. The molecule has 3 rings (SSSR count). The molecule has 5 nitrogen and oxygen atoms in total. The maximum absolute atomic E-state index is 12.9. The summed E-state index contributed by atoms with van der Waals surface area (Å²) in [6.45, 7) is 6.36. The number of amides is 2. The zero-order chi connectivity index (χ0) is 20.1. The second-order valence-corrected chi connectivity index (χ2v) is 6.49. The zero-order valence-electron chi connectivity index (χ0n) is 16.3. The summed E-state index contributed by atoms with van der Waals surface area (Å²) in [7, 11) is 0. The first-order valence-corrected chi connectivity index (χ1v) is 9.22. The quantitative estimate of drug-likeness (QED) is 0.710. The maximum Gasteiger partial charge on any atom is 0.276 e. The molecule has 1 N–H and O–H groups in total. The van der Waals surface area contributed by atoms with E-state index in [1.807, 2.05) is 69.3 Å². The SMILES string of the molecule is CCN(C(=O)c1cccc(C(=O)Nc2cccc(C)c2C)n1)c1ccccc1. The van der Waals surface area contributed by atoms with Crippen LogP contribution in [-0.4, -0.2) is 23.3 Å². The van der Waals surface area contributed by atoms with Crippen LogP contribution in [-0.2, 0) is 0 Å². The first-order chi connectivity index (χ1) is 13.5. The number of benzene rings is 2. The summed E-state index contributed by atoms with van der Waals surface area (Å²) in [6.07, 6.45) is 0. The van der Waals surface area contributed by atoms with Crippen molar-refractivity contribution in [1.29, 1.82) is 0 Å². The second-order valence-electron chi connectivity index (χ2n) is 6.49. The van der Waals surface area contributed by atoms with Crippen molar-refractivity contribution in [2.45, 2.75) is 20.8 Å². The number of anilines is 2. The van der Waals surface area contributed by atoms with Gasteiger partial charge in [-0.05, 0) is 62.2 Å². The van der Waals surface area contributed by atoms with Crippen LogP contribution in [0.3, 0.4) is 0 Å². The van der Waals surface area contributed by atoms with Gasteiger partial charge in [-0.3, -0.25) is 9.59 Å². The molecule has 0 bridgehead atoms. The molecule has 0 atom stereocenters. The van der Waals surface area contributed by atoms with Crippen molar-refractivity contribution in [3.63, 3.8) is 0 Å². The van der Waals surface area contributed by atoms with Crippen molar-refractivity contribution in [3.05, 3.63) is 89.2 Å². The molecule has 5 heteroatoms. The number of aryl methyl sites for hydroxylation is 1. The number of carbonyl (C=O) groups excluding carboxylic acids is 2. The van der Waals surface area contributed by atoms with Crippen molar-refractivity contribution >= 4 is 23.2 Å². The monoisotopic (exact) mass is 373 g/mol. The van der Waals surface area contributed by atoms with Gasteiger partial charge in [0, 0.05) is 17.9 Å². The maximum atomic E-state index is 12.9. The standard InChI is InChI=1S/C23H23N3O2/c1-4-26(18-11-6-5-7-12-18)23(28)21-15-9-14-20(24-21)22(27)25-19-13-8-10-16(2)17(19)3/h5-15H,4H2,1-3H3,(H,25,27). The van der Waals surface area contributed by atoms with Crippen LogP contribution in [0.25, 0.3) is 0 Å². The summed E-state index contributed by atoms with van der Waals surface area (Å²) in [5.74, 6) is -0.582. The van der Waals surface area contributed by atoms with Gasteiger partial charge in [0.1, 0.15) is 11.4 Å². The Morgan fingerprint density at radius 1 is 0.893 bits per heavy atom. The number of nitrogens with zero attached hydrogens (tertiary/aromatic N) is 2. The first kappa shape index (κ1) is 19.3. The van der Waals surface area contributed by atoms with Crippen LogP contribution in [0, 0.1) is 13.8 Å². The van der Waals surface area contributed by atoms with Crippen molar-refractivity contribution in [1.82, 2.24) is 4.98 Å². The zero-order valence-corrected chi connectivity index (χ0v) is 16.3. The molecular formula is C23H23N3O2. The average molecular weight is 373 g/mol. The number of carbonyl (C=O) groups is 2. The minimum Gasteiger partial charge on any atom is -0.320 e. The smallest absolute Gasteiger partial charge is 0.276 e. The largest absolute Gasteiger partial charge is 0.320 e. The molecule has 0 radical (unpaired) electrons. The molecule has 28 heavy (non-hydrogen) atoms. The summed E-state index contributed by atoms with van der Waals surface area (Å²) in [6, 6.07) is 20.1. The molecule has 0 aliphatic rings. The van der Waals surface area contributed by atoms with E-state index in [0.717, 1.165) is 22.5 Å². The van der Waals surface area contributed by atoms with Crippen LogP contribution < -0.4 is 10.2 Å². The van der Waals surface area contributed by atoms with Crippen LogP contribution in [0.15, 0.2) is 66.7 Å². The van der Waals surface area contributed by atoms with Gasteiger partial charge in [-0.1, -0.05) is 36.4 Å². The van der Waals surface area contributed by atoms with E-state index in [0.29, 0.717) is 6.54 Å². The minimum absolute atomic E-state index is 0.205. The fraction of sp³-hybridized carbons (Fsp3) is 0.174. The summed E-state index contributed by atoms with van der Waals surface area (Å²) < 4.78 is 0. The summed E-state index contributed by atoms with van der Waals surface area (Å²) >= 11 is 0. The highest BCUT2D eigenvalue weighted by molar-refractivity contribution is 6.07. The molecule has 0 aliphatic heterocycles. The van der Waals surface area contributed by atoms with Gasteiger partial charge >= 0.3 is 0 Å². The molecule has 2 amide bonds. The van der Waals surface area contributed by atoms with E-state index in [1.54, 1.807) is 23.1 Å². The van der Waals surface area contributed by atoms with Crippen LogP contribution in [0.2, 0.25) is 0 Å². The molecule has 0 unspecified atom stereocenters. The Hall–Kier alpha value is -3.47. The Balaban J connectivity index is 1.84. The molecule has 0 spiro atoms. The van der Waals surface area contributed by atoms with Gasteiger partial charge in [-0.2, -0.15) is 0 Å². The van der Waals surface area contributed by atoms with Crippen LogP contribution in [0.5, 0.6) is 0 Å². The van der Waals surface area contributed by atoms with Gasteiger partial charge in [0.05, 0.1) is 0 Å². The molecule has 1 aromatic heterocycles. The third-order valence-electron chi connectivity index (χ3n) is 4.68. The topological polar surface area (TPSA) is 62.3 Å². The van der Waals surface area contributed by atoms with Gasteiger partial charge in [-0.25, -0.2) is 4.98 Å². The molecule has 0 saturated carbocycles. The van der Waals surface area contributed by atoms with E-state index in [4.69, 9.17) is 0 Å². The Labute approximate surface area is 165 Å². The van der Waals surface area contributed by atoms with Crippen molar-refractivity contribution in [2.24, 2.45) is 0 Å². The number of para-hydroxylation sites is 1. The van der Waals surface area contributed by atoms with Gasteiger partial charge < -0.3 is 10.2 Å². The van der Waals surface area contributed by atoms with E-state index in [9.17, 15) is 9.59 Å². The number of nitrogens with one attached hydrogen (secondary N) is 1. The Morgan fingerprint density at radius 2 is 1.57 bits per heavy atom. The number of rotatable bonds is 5. The number of hydrogen-bond acceptors (Lipinski definition) is 3. The van der Waals surface area contributed by atoms with E-state index in [-0.39, 0.29) is 23.2 Å². The van der Waals surface area contributed by atoms with E-state index in [2.05, 4.69) is 10.3 Å². The molecule has 2 aromatic carbocycles. The summed E-state index contributed by atoms with van der Waals surface area (Å²) in [4.78, 5) is 31.5. The Bertz CT molecular complexity index is 1000. The molecule has 0 aliphatic carbocycles. The Morgan fingerprint density at radius 3 is 2.29 bits per heavy atom. The van der Waals surface area contributed by atoms with Crippen LogP contribution >= 0.6 is 0 Å². The second kappa shape index (κ2) is 8.48. The lowest BCUT2D eigenvalue weighted by atomic mass is 10.1.